The first-order valence-corrected chi connectivity index (χ1v) is 6.34. The zero-order valence-corrected chi connectivity index (χ0v) is 11.6. The first-order valence-electron chi connectivity index (χ1n) is 5.96. The summed E-state index contributed by atoms with van der Waals surface area (Å²) in [6, 6.07) is 10.7. The average molecular weight is 294 g/mol. The van der Waals surface area contributed by atoms with E-state index in [-0.39, 0.29) is 22.2 Å². The van der Waals surface area contributed by atoms with Crippen LogP contribution < -0.4 is 0 Å². The number of aromatic hydroxyl groups is 1. The fraction of sp³-hybridized carbons (Fsp3) is 0.133. The van der Waals surface area contributed by atoms with Gasteiger partial charge in [0.05, 0.1) is 10.6 Å². The number of carbonyl (C=O) groups excluding carboxylic acids is 1. The van der Waals surface area contributed by atoms with Crippen LogP contribution in [-0.2, 0) is 6.54 Å². The Hall–Kier alpha value is -2.07. The topological polar surface area (TPSA) is 40.5 Å². The van der Waals surface area contributed by atoms with E-state index in [0.29, 0.717) is 6.54 Å². The summed E-state index contributed by atoms with van der Waals surface area (Å²) in [5, 5.41) is 9.03. The minimum atomic E-state index is -0.615. The van der Waals surface area contributed by atoms with Crippen LogP contribution in [0.4, 0.5) is 4.39 Å². The maximum absolute atomic E-state index is 13.3. The Labute approximate surface area is 121 Å². The quantitative estimate of drug-likeness (QED) is 0.941. The summed E-state index contributed by atoms with van der Waals surface area (Å²) in [5.41, 5.74) is 0.985. The van der Waals surface area contributed by atoms with Crippen molar-refractivity contribution in [3.8, 4) is 5.75 Å². The van der Waals surface area contributed by atoms with Crippen LogP contribution in [0.5, 0.6) is 5.75 Å². The second kappa shape index (κ2) is 5.92. The molecule has 0 aliphatic carbocycles. The van der Waals surface area contributed by atoms with Gasteiger partial charge in [-0.25, -0.2) is 4.39 Å². The number of hydrogen-bond acceptors (Lipinski definition) is 2. The molecule has 0 saturated carbocycles. The number of halogens is 2. The molecule has 0 fully saturated rings. The zero-order chi connectivity index (χ0) is 14.7. The van der Waals surface area contributed by atoms with Crippen LogP contribution in [0.3, 0.4) is 0 Å². The van der Waals surface area contributed by atoms with Crippen LogP contribution in [0, 0.1) is 5.82 Å². The number of carbonyl (C=O) groups is 1. The van der Waals surface area contributed by atoms with E-state index in [4.69, 9.17) is 11.6 Å². The number of amides is 1. The van der Waals surface area contributed by atoms with Crippen LogP contribution >= 0.6 is 11.6 Å². The van der Waals surface area contributed by atoms with Gasteiger partial charge in [0.2, 0.25) is 0 Å². The molecular weight excluding hydrogens is 281 g/mol. The van der Waals surface area contributed by atoms with Crippen LogP contribution in [0.15, 0.2) is 42.5 Å². The lowest BCUT2D eigenvalue weighted by Gasteiger charge is -2.18. The molecule has 0 aliphatic rings. The van der Waals surface area contributed by atoms with E-state index in [1.807, 2.05) is 0 Å². The molecule has 1 N–H and O–H groups in total. The van der Waals surface area contributed by atoms with Gasteiger partial charge in [0.25, 0.3) is 5.91 Å². The molecule has 0 spiro atoms. The number of rotatable bonds is 3. The highest BCUT2D eigenvalue weighted by Gasteiger charge is 2.17. The molecule has 0 atom stereocenters. The molecule has 1 amide bonds. The summed E-state index contributed by atoms with van der Waals surface area (Å²) in [5.74, 6) is -0.811. The van der Waals surface area contributed by atoms with Gasteiger partial charge in [-0.05, 0) is 29.8 Å². The van der Waals surface area contributed by atoms with Crippen molar-refractivity contribution in [2.75, 3.05) is 7.05 Å². The van der Waals surface area contributed by atoms with Crippen molar-refractivity contribution in [3.63, 3.8) is 0 Å². The molecule has 2 aromatic rings. The molecular formula is C15H13ClFNO2. The molecule has 0 bridgehead atoms. The summed E-state index contributed by atoms with van der Waals surface area (Å²) in [7, 11) is 1.61. The normalized spacial score (nSPS) is 10.3. The fourth-order valence-corrected chi connectivity index (χ4v) is 2.03. The van der Waals surface area contributed by atoms with Crippen LogP contribution in [0.25, 0.3) is 0 Å². The molecule has 0 aromatic heterocycles. The van der Waals surface area contributed by atoms with Crippen molar-refractivity contribution in [2.45, 2.75) is 6.54 Å². The molecule has 0 radical (unpaired) electrons. The van der Waals surface area contributed by atoms with Gasteiger partial charge in [0.15, 0.2) is 0 Å². The fourth-order valence-electron chi connectivity index (χ4n) is 1.82. The highest BCUT2D eigenvalue weighted by Crippen LogP contribution is 2.21. The SMILES string of the molecule is CN(Cc1ccc(O)cc1)C(=O)c1cccc(F)c1Cl. The van der Waals surface area contributed by atoms with Gasteiger partial charge in [0.1, 0.15) is 11.6 Å². The van der Waals surface area contributed by atoms with E-state index >= 15 is 0 Å². The number of nitrogens with zero attached hydrogens (tertiary/aromatic N) is 1. The molecule has 0 aliphatic heterocycles. The van der Waals surface area contributed by atoms with Gasteiger partial charge in [0, 0.05) is 13.6 Å². The third-order valence-electron chi connectivity index (χ3n) is 2.88. The lowest BCUT2D eigenvalue weighted by atomic mass is 10.1. The Bertz CT molecular complexity index is 628. The standard InChI is InChI=1S/C15H13ClFNO2/c1-18(9-10-5-7-11(19)8-6-10)15(20)12-3-2-4-13(17)14(12)16/h2-8,19H,9H2,1H3. The predicted octanol–water partition coefficient (Wildman–Crippen LogP) is 3.46. The van der Waals surface area contributed by atoms with Gasteiger partial charge in [-0.3, -0.25) is 4.79 Å². The first-order chi connectivity index (χ1) is 9.49. The highest BCUT2D eigenvalue weighted by atomic mass is 35.5. The van der Waals surface area contributed by atoms with E-state index in [9.17, 15) is 14.3 Å². The van der Waals surface area contributed by atoms with Crippen molar-refractivity contribution in [2.24, 2.45) is 0 Å². The van der Waals surface area contributed by atoms with E-state index in [1.165, 1.54) is 23.1 Å². The number of phenolic OH excluding ortho intramolecular Hbond substituents is 1. The average Bonchev–Trinajstić information content (AvgIpc) is 2.43. The number of phenols is 1. The number of benzene rings is 2. The van der Waals surface area contributed by atoms with E-state index < -0.39 is 5.82 Å². The van der Waals surface area contributed by atoms with Crippen molar-refractivity contribution in [1.82, 2.24) is 4.90 Å². The van der Waals surface area contributed by atoms with Gasteiger partial charge >= 0.3 is 0 Å². The first kappa shape index (κ1) is 14.3. The van der Waals surface area contributed by atoms with Crippen molar-refractivity contribution in [1.29, 1.82) is 0 Å². The van der Waals surface area contributed by atoms with Gasteiger partial charge < -0.3 is 10.0 Å². The van der Waals surface area contributed by atoms with Gasteiger partial charge in [-0.1, -0.05) is 29.8 Å². The molecule has 3 nitrogen and oxygen atoms in total. The second-order valence-electron chi connectivity index (χ2n) is 4.43. The highest BCUT2D eigenvalue weighted by molar-refractivity contribution is 6.33. The van der Waals surface area contributed by atoms with Crippen molar-refractivity contribution < 1.29 is 14.3 Å². The van der Waals surface area contributed by atoms with Gasteiger partial charge in [-0.2, -0.15) is 0 Å². The Morgan fingerprint density at radius 2 is 1.90 bits per heavy atom. The van der Waals surface area contributed by atoms with Crippen LogP contribution in [0.1, 0.15) is 15.9 Å². The van der Waals surface area contributed by atoms with Gasteiger partial charge in [-0.15, -0.1) is 0 Å². The molecule has 20 heavy (non-hydrogen) atoms. The summed E-state index contributed by atoms with van der Waals surface area (Å²) in [4.78, 5) is 13.7. The second-order valence-corrected chi connectivity index (χ2v) is 4.81. The van der Waals surface area contributed by atoms with Crippen LogP contribution in [0.2, 0.25) is 5.02 Å². The Balaban J connectivity index is 2.16. The largest absolute Gasteiger partial charge is 0.508 e. The predicted molar refractivity (Wildman–Crippen MR) is 75.3 cm³/mol. The molecule has 0 heterocycles. The van der Waals surface area contributed by atoms with Crippen LogP contribution in [-0.4, -0.2) is 23.0 Å². The summed E-state index contributed by atoms with van der Waals surface area (Å²) < 4.78 is 13.3. The molecule has 2 rings (SSSR count). The minimum Gasteiger partial charge on any atom is -0.508 e. The van der Waals surface area contributed by atoms with Crippen molar-refractivity contribution >= 4 is 17.5 Å². The third kappa shape index (κ3) is 3.08. The van der Waals surface area contributed by atoms with E-state index in [0.717, 1.165) is 5.56 Å². The Morgan fingerprint density at radius 1 is 1.25 bits per heavy atom. The Kier molecular flexibility index (Phi) is 4.25. The molecule has 0 unspecified atom stereocenters. The molecule has 0 saturated heterocycles. The summed E-state index contributed by atoms with van der Waals surface area (Å²) >= 11 is 5.80. The monoisotopic (exact) mass is 293 g/mol. The Morgan fingerprint density at radius 3 is 2.55 bits per heavy atom. The molecule has 2 aromatic carbocycles. The number of hydrogen-bond donors (Lipinski definition) is 1. The van der Waals surface area contributed by atoms with Crippen molar-refractivity contribution in [3.05, 3.63) is 64.4 Å². The maximum atomic E-state index is 13.3. The lowest BCUT2D eigenvalue weighted by molar-refractivity contribution is 0.0785. The molecule has 104 valence electrons. The lowest BCUT2D eigenvalue weighted by Crippen LogP contribution is -2.26. The summed E-state index contributed by atoms with van der Waals surface area (Å²) in [6.07, 6.45) is 0. The van der Waals surface area contributed by atoms with E-state index in [1.54, 1.807) is 31.3 Å². The molecule has 5 heteroatoms. The minimum absolute atomic E-state index is 0.132. The summed E-state index contributed by atoms with van der Waals surface area (Å²) in [6.45, 7) is 0.339. The maximum Gasteiger partial charge on any atom is 0.255 e. The third-order valence-corrected chi connectivity index (χ3v) is 3.27. The van der Waals surface area contributed by atoms with E-state index in [2.05, 4.69) is 0 Å². The zero-order valence-electron chi connectivity index (χ0n) is 10.8. The smallest absolute Gasteiger partial charge is 0.255 e.